The van der Waals surface area contributed by atoms with Gasteiger partial charge in [0, 0.05) is 43.4 Å². The molecule has 0 nitrogen and oxygen atoms in total. The van der Waals surface area contributed by atoms with Crippen LogP contribution in [0.3, 0.4) is 0 Å². The summed E-state index contributed by atoms with van der Waals surface area (Å²) in [5.41, 5.74) is 1.28. The standard InChI is InChI=1S/C19H13Cl2S.F6P/c1-12-2-6-15(7-3-12)22-18-8-4-13(20)10-16(18)17-11-14(21)5-9-19(17)22;1-7(2,3,4,5)6/h2-11H,1H3;/q+1;-1. The zero-order valence-corrected chi connectivity index (χ0v) is 17.9. The number of hydrogen-bond acceptors (Lipinski definition) is 0. The molecular weight excluding hydrogens is 476 g/mol. The van der Waals surface area contributed by atoms with Crippen molar-refractivity contribution in [1.29, 1.82) is 0 Å². The molecule has 4 rings (SSSR count). The Kier molecular flexibility index (Phi) is 5.15. The van der Waals surface area contributed by atoms with E-state index in [1.54, 1.807) is 0 Å². The van der Waals surface area contributed by atoms with E-state index >= 15 is 0 Å². The van der Waals surface area contributed by atoms with E-state index in [-0.39, 0.29) is 10.5 Å². The van der Waals surface area contributed by atoms with Crippen LogP contribution in [0.4, 0.5) is 25.2 Å². The van der Waals surface area contributed by atoms with E-state index < -0.39 is 7.81 Å². The van der Waals surface area contributed by atoms with Crippen molar-refractivity contribution in [3.8, 4) is 4.90 Å². The van der Waals surface area contributed by atoms with Crippen LogP contribution in [0.15, 0.2) is 60.7 Å². The molecule has 3 aromatic carbocycles. The first-order valence-electron chi connectivity index (χ1n) is 8.05. The molecule has 0 aliphatic heterocycles. The monoisotopic (exact) mass is 488 g/mol. The molecule has 10 heteroatoms. The summed E-state index contributed by atoms with van der Waals surface area (Å²) in [7, 11) is -10.7. The third-order valence-corrected chi connectivity index (χ3v) is 6.68. The zero-order valence-electron chi connectivity index (χ0n) is 14.7. The summed E-state index contributed by atoms with van der Waals surface area (Å²) in [6.07, 6.45) is 0. The Morgan fingerprint density at radius 3 is 1.41 bits per heavy atom. The fourth-order valence-electron chi connectivity index (χ4n) is 2.83. The number of hydrogen-bond donors (Lipinski definition) is 0. The van der Waals surface area contributed by atoms with Crippen molar-refractivity contribution < 1.29 is 25.2 Å². The van der Waals surface area contributed by atoms with Crippen LogP contribution in [0, 0.1) is 6.92 Å². The number of fused-ring (bicyclic) bond motifs is 3. The van der Waals surface area contributed by atoms with Crippen molar-refractivity contribution in [2.24, 2.45) is 0 Å². The van der Waals surface area contributed by atoms with Crippen LogP contribution in [0.5, 0.6) is 0 Å². The van der Waals surface area contributed by atoms with E-state index in [2.05, 4.69) is 43.3 Å². The van der Waals surface area contributed by atoms with Crippen molar-refractivity contribution in [3.05, 3.63) is 76.3 Å². The fraction of sp³-hybridized carbons (Fsp3) is 0.0526. The van der Waals surface area contributed by atoms with Gasteiger partial charge in [0.05, 0.1) is 0 Å². The van der Waals surface area contributed by atoms with Gasteiger partial charge in [0.15, 0.2) is 14.3 Å². The summed E-state index contributed by atoms with van der Waals surface area (Å²) in [4.78, 5) is 1.33. The Labute approximate surface area is 174 Å². The van der Waals surface area contributed by atoms with E-state index in [9.17, 15) is 25.2 Å². The quantitative estimate of drug-likeness (QED) is 0.142. The van der Waals surface area contributed by atoms with Gasteiger partial charge in [-0.1, -0.05) is 40.9 Å². The Balaban J connectivity index is 0.000000298. The number of aryl methyl sites for hydroxylation is 1. The average molecular weight is 489 g/mol. The van der Waals surface area contributed by atoms with Gasteiger partial charge in [-0.25, -0.2) is 0 Å². The van der Waals surface area contributed by atoms with Crippen LogP contribution >= 0.6 is 41.5 Å². The van der Waals surface area contributed by atoms with Crippen LogP contribution in [-0.4, -0.2) is 0 Å². The van der Waals surface area contributed by atoms with Crippen molar-refractivity contribution in [2.45, 2.75) is 6.92 Å². The van der Waals surface area contributed by atoms with Gasteiger partial charge in [-0.05, 0) is 43.3 Å². The Morgan fingerprint density at radius 1 is 0.655 bits per heavy atom. The molecule has 29 heavy (non-hydrogen) atoms. The number of halogens is 8. The molecule has 0 unspecified atom stereocenters. The predicted molar refractivity (Wildman–Crippen MR) is 114 cm³/mol. The van der Waals surface area contributed by atoms with E-state index in [1.807, 2.05) is 24.3 Å². The molecule has 0 N–H and O–H groups in total. The molecule has 0 amide bonds. The first-order chi connectivity index (χ1) is 13.1. The maximum absolute atomic E-state index is 10.7. The zero-order chi connectivity index (χ0) is 21.7. The van der Waals surface area contributed by atoms with Gasteiger partial charge in [-0.15, -0.1) is 0 Å². The topological polar surface area (TPSA) is 0 Å². The van der Waals surface area contributed by atoms with Gasteiger partial charge >= 0.3 is 33.0 Å². The fourth-order valence-corrected chi connectivity index (χ4v) is 5.51. The molecule has 0 radical (unpaired) electrons. The van der Waals surface area contributed by atoms with Crippen molar-refractivity contribution in [2.75, 3.05) is 0 Å². The molecule has 156 valence electrons. The van der Waals surface area contributed by atoms with Crippen LogP contribution < -0.4 is 0 Å². The summed E-state index contributed by atoms with van der Waals surface area (Å²) in [6, 6.07) is 21.1. The minimum absolute atomic E-state index is 0.0827. The van der Waals surface area contributed by atoms with E-state index in [4.69, 9.17) is 23.2 Å². The Bertz CT molecular complexity index is 1150. The summed E-state index contributed by atoms with van der Waals surface area (Å²) in [5.74, 6) is 0. The second-order valence-electron chi connectivity index (χ2n) is 6.36. The average Bonchev–Trinajstić information content (AvgIpc) is 2.86. The maximum atomic E-state index is 9.87. The van der Waals surface area contributed by atoms with Gasteiger partial charge in [-0.2, -0.15) is 0 Å². The predicted octanol–water partition coefficient (Wildman–Crippen LogP) is 10.7. The van der Waals surface area contributed by atoms with Crippen molar-refractivity contribution >= 4 is 61.7 Å². The molecule has 0 aliphatic rings. The first-order valence-corrected chi connectivity index (χ1v) is 12.1. The van der Waals surface area contributed by atoms with Gasteiger partial charge in [-0.3, -0.25) is 0 Å². The normalized spacial score (nSPS) is 14.2. The molecule has 0 atom stereocenters. The van der Waals surface area contributed by atoms with Gasteiger partial charge in [0.2, 0.25) is 0 Å². The molecule has 0 saturated carbocycles. The molecule has 4 aromatic rings. The van der Waals surface area contributed by atoms with Crippen LogP contribution in [0.25, 0.3) is 25.1 Å². The molecular formula is C19H13Cl2F6PS. The minimum atomic E-state index is -10.7. The van der Waals surface area contributed by atoms with Crippen LogP contribution in [-0.2, 0) is 0 Å². The Hall–Kier alpha value is -1.53. The van der Waals surface area contributed by atoms with Crippen molar-refractivity contribution in [3.63, 3.8) is 0 Å². The molecule has 0 saturated heterocycles. The SMILES string of the molecule is Cc1ccc(-[s+]2c3ccc(Cl)cc3c3cc(Cl)ccc32)cc1.F[P-](F)(F)(F)(F)F. The third-order valence-electron chi connectivity index (χ3n) is 3.87. The second-order valence-corrected chi connectivity index (χ2v) is 11.1. The van der Waals surface area contributed by atoms with Gasteiger partial charge in [0.25, 0.3) is 0 Å². The third kappa shape index (κ3) is 6.22. The summed E-state index contributed by atoms with van der Waals surface area (Å²) >= 11 is 12.4. The second kappa shape index (κ2) is 6.74. The van der Waals surface area contributed by atoms with Crippen molar-refractivity contribution in [1.82, 2.24) is 0 Å². The summed E-state index contributed by atoms with van der Waals surface area (Å²) in [6.45, 7) is 2.11. The number of rotatable bonds is 1. The first kappa shape index (κ1) is 22.2. The molecule has 0 fully saturated rings. The van der Waals surface area contributed by atoms with Crippen LogP contribution in [0.2, 0.25) is 10.0 Å². The van der Waals surface area contributed by atoms with E-state index in [1.165, 1.54) is 30.6 Å². The molecule has 1 heterocycles. The van der Waals surface area contributed by atoms with Gasteiger partial charge < -0.3 is 0 Å². The van der Waals surface area contributed by atoms with Gasteiger partial charge in [0.1, 0.15) is 0 Å². The van der Waals surface area contributed by atoms with E-state index in [0.717, 1.165) is 10.0 Å². The summed E-state index contributed by atoms with van der Waals surface area (Å²) < 4.78 is 61.8. The summed E-state index contributed by atoms with van der Waals surface area (Å²) in [5, 5.41) is 3.93. The number of thiophene rings is 1. The van der Waals surface area contributed by atoms with Crippen LogP contribution in [0.1, 0.15) is 5.56 Å². The Morgan fingerprint density at radius 2 is 1.03 bits per heavy atom. The molecule has 0 bridgehead atoms. The molecule has 0 spiro atoms. The number of benzene rings is 3. The van der Waals surface area contributed by atoms with E-state index in [0.29, 0.717) is 0 Å². The molecule has 0 aliphatic carbocycles. The molecule has 1 aromatic heterocycles.